The van der Waals surface area contributed by atoms with Gasteiger partial charge in [0.05, 0.1) is 11.0 Å². The zero-order valence-electron chi connectivity index (χ0n) is 33.8. The van der Waals surface area contributed by atoms with E-state index in [0.717, 1.165) is 39.1 Å². The molecule has 62 heavy (non-hydrogen) atoms. The SMILES string of the molecule is Cc1ccc(N2B3c4cc5oc(-c6ccccc6)c(-c6ccccc6)c5cc4-n4c5ccccc5c5c(-c6ccc7sc8ccccc8c7c6)cc(c3c54)-c3ccccc32)cc1. The number of aryl methyl sites for hydroxylation is 1. The van der Waals surface area contributed by atoms with Gasteiger partial charge in [-0.2, -0.15) is 0 Å². The van der Waals surface area contributed by atoms with Gasteiger partial charge in [0, 0.05) is 70.1 Å². The fourth-order valence-electron chi connectivity index (χ4n) is 10.8. The fraction of sp³-hybridized carbons (Fsp3) is 0.0175. The third-order valence-corrected chi connectivity index (χ3v) is 14.6. The maximum absolute atomic E-state index is 7.11. The van der Waals surface area contributed by atoms with Crippen LogP contribution in [0.1, 0.15) is 5.56 Å². The van der Waals surface area contributed by atoms with Crippen molar-refractivity contribution in [2.75, 3.05) is 4.81 Å². The zero-order chi connectivity index (χ0) is 40.6. The maximum Gasteiger partial charge on any atom is 0.333 e. The predicted octanol–water partition coefficient (Wildman–Crippen LogP) is 14.4. The smallest absolute Gasteiger partial charge is 0.333 e. The normalized spacial score (nSPS) is 12.9. The van der Waals surface area contributed by atoms with Gasteiger partial charge in [-0.05, 0) is 101 Å². The Morgan fingerprint density at radius 1 is 0.500 bits per heavy atom. The van der Waals surface area contributed by atoms with E-state index >= 15 is 0 Å². The first-order chi connectivity index (χ1) is 30.7. The lowest BCUT2D eigenvalue weighted by molar-refractivity contribution is 0.632. The number of thiophene rings is 1. The third kappa shape index (κ3) is 4.66. The zero-order valence-corrected chi connectivity index (χ0v) is 34.6. The van der Waals surface area contributed by atoms with Crippen LogP contribution in [-0.2, 0) is 0 Å². The van der Waals surface area contributed by atoms with Gasteiger partial charge in [0.15, 0.2) is 0 Å². The molecule has 0 atom stereocenters. The number of rotatable bonds is 4. The minimum absolute atomic E-state index is 0.135. The van der Waals surface area contributed by atoms with E-state index in [1.54, 1.807) is 0 Å². The number of nitrogens with zero attached hydrogens (tertiary/aromatic N) is 2. The highest BCUT2D eigenvalue weighted by Gasteiger charge is 2.45. The summed E-state index contributed by atoms with van der Waals surface area (Å²) >= 11 is 1.87. The summed E-state index contributed by atoms with van der Waals surface area (Å²) in [5, 5.41) is 6.27. The molecule has 2 aliphatic heterocycles. The summed E-state index contributed by atoms with van der Waals surface area (Å²) in [6, 6.07) is 71.7. The third-order valence-electron chi connectivity index (χ3n) is 13.4. The Morgan fingerprint density at radius 2 is 1.21 bits per heavy atom. The van der Waals surface area contributed by atoms with Crippen LogP contribution in [0.15, 0.2) is 199 Å². The number of aromatic nitrogens is 1. The van der Waals surface area contributed by atoms with Crippen molar-refractivity contribution in [3.05, 3.63) is 200 Å². The largest absolute Gasteiger partial charge is 0.455 e. The lowest BCUT2D eigenvalue weighted by Crippen LogP contribution is -2.60. The van der Waals surface area contributed by atoms with Crippen LogP contribution < -0.4 is 15.7 Å². The van der Waals surface area contributed by atoms with Gasteiger partial charge in [-0.15, -0.1) is 11.3 Å². The summed E-state index contributed by atoms with van der Waals surface area (Å²) in [4.78, 5) is 2.59. The molecule has 0 fully saturated rings. The minimum atomic E-state index is -0.135. The minimum Gasteiger partial charge on any atom is -0.455 e. The molecule has 0 spiro atoms. The quantitative estimate of drug-likeness (QED) is 0.165. The van der Waals surface area contributed by atoms with Gasteiger partial charge in [-0.25, -0.2) is 0 Å². The number of furan rings is 1. The van der Waals surface area contributed by atoms with Crippen molar-refractivity contribution in [2.45, 2.75) is 6.92 Å². The van der Waals surface area contributed by atoms with Gasteiger partial charge < -0.3 is 13.8 Å². The Bertz CT molecular complexity index is 3820. The first-order valence-electron chi connectivity index (χ1n) is 21.4. The molecule has 5 heterocycles. The van der Waals surface area contributed by atoms with Gasteiger partial charge in [0.25, 0.3) is 0 Å². The Labute approximate surface area is 362 Å². The Kier molecular flexibility index (Phi) is 7.00. The Morgan fingerprint density at radius 3 is 2.05 bits per heavy atom. The van der Waals surface area contributed by atoms with E-state index in [1.165, 1.54) is 92.1 Å². The highest BCUT2D eigenvalue weighted by Crippen LogP contribution is 2.50. The number of hydrogen-bond acceptors (Lipinski definition) is 3. The summed E-state index contributed by atoms with van der Waals surface area (Å²) in [7, 11) is 0. The van der Waals surface area contributed by atoms with Gasteiger partial charge in [0.2, 0.25) is 0 Å². The second-order valence-corrected chi connectivity index (χ2v) is 17.9. The molecule has 3 nitrogen and oxygen atoms in total. The molecule has 3 aromatic heterocycles. The Balaban J connectivity index is 1.16. The average Bonchev–Trinajstić information content (AvgIpc) is 4.01. The molecule has 0 radical (unpaired) electrons. The topological polar surface area (TPSA) is 21.3 Å². The molecular weight excluding hydrogens is 772 g/mol. The van der Waals surface area contributed by atoms with E-state index < -0.39 is 0 Å². The van der Waals surface area contributed by atoms with Crippen LogP contribution in [0, 0.1) is 6.92 Å². The molecule has 0 aliphatic carbocycles. The molecule has 5 heteroatoms. The number of fused-ring (bicyclic) bond motifs is 12. The van der Waals surface area contributed by atoms with E-state index in [9.17, 15) is 0 Å². The molecule has 9 aromatic carbocycles. The van der Waals surface area contributed by atoms with E-state index in [2.05, 4.69) is 210 Å². The molecule has 0 saturated heterocycles. The summed E-state index contributed by atoms with van der Waals surface area (Å²) in [5.74, 6) is 0.887. The molecule has 14 rings (SSSR count). The first kappa shape index (κ1) is 34.2. The molecule has 288 valence electrons. The highest BCUT2D eigenvalue weighted by atomic mass is 32.1. The molecule has 0 amide bonds. The fourth-order valence-corrected chi connectivity index (χ4v) is 11.9. The van der Waals surface area contributed by atoms with Crippen LogP contribution in [-0.4, -0.2) is 11.4 Å². The molecule has 0 bridgehead atoms. The van der Waals surface area contributed by atoms with Crippen LogP contribution in [0.2, 0.25) is 0 Å². The second kappa shape index (κ2) is 12.7. The van der Waals surface area contributed by atoms with Gasteiger partial charge in [0.1, 0.15) is 11.3 Å². The second-order valence-electron chi connectivity index (χ2n) is 16.8. The van der Waals surface area contributed by atoms with Crippen LogP contribution in [0.5, 0.6) is 0 Å². The van der Waals surface area contributed by atoms with Crippen LogP contribution >= 0.6 is 11.3 Å². The summed E-state index contributed by atoms with van der Waals surface area (Å²) in [6.45, 7) is 2.03. The van der Waals surface area contributed by atoms with Crippen molar-refractivity contribution in [1.82, 2.24) is 4.57 Å². The van der Waals surface area contributed by atoms with Crippen LogP contribution in [0.4, 0.5) is 11.4 Å². The van der Waals surface area contributed by atoms with E-state index in [-0.39, 0.29) is 6.85 Å². The van der Waals surface area contributed by atoms with Gasteiger partial charge in [-0.1, -0.05) is 139 Å². The predicted molar refractivity (Wildman–Crippen MR) is 264 cm³/mol. The van der Waals surface area contributed by atoms with Crippen molar-refractivity contribution in [3.63, 3.8) is 0 Å². The average molecular weight is 807 g/mol. The summed E-state index contributed by atoms with van der Waals surface area (Å²) in [5.41, 5.74) is 19.0. The monoisotopic (exact) mass is 806 g/mol. The van der Waals surface area contributed by atoms with E-state index in [0.29, 0.717) is 0 Å². The molecule has 0 N–H and O–H groups in total. The standard InChI is InChI=1S/C57H35BN2OS/c1-34-24-27-38(28-25-34)60-48-22-12-8-18-39(48)44-31-42(37-26-29-52-43(30-37)40-19-10-13-23-51(40)62-52)54-41-20-9-11-21-47(41)59-49-32-45-50(33-46(49)58(60)55(44)56(54)59)61-57(36-16-6-3-7-17-36)53(45)35-14-4-2-5-15-35/h2-33H,1H3. The molecule has 12 aromatic rings. The van der Waals surface area contributed by atoms with Crippen molar-refractivity contribution in [3.8, 4) is 50.4 Å². The number of benzene rings is 9. The number of anilines is 2. The number of hydrogen-bond donors (Lipinski definition) is 0. The molecule has 2 aliphatic rings. The van der Waals surface area contributed by atoms with Crippen molar-refractivity contribution >= 4 is 93.4 Å². The van der Waals surface area contributed by atoms with Crippen molar-refractivity contribution < 1.29 is 4.42 Å². The Hall–Kier alpha value is -7.60. The van der Waals surface area contributed by atoms with E-state index in [4.69, 9.17) is 4.42 Å². The molecular formula is C57H35BN2OS. The lowest BCUT2D eigenvalue weighted by atomic mass is 9.43. The summed E-state index contributed by atoms with van der Waals surface area (Å²) < 4.78 is 12.3. The molecule has 0 saturated carbocycles. The van der Waals surface area contributed by atoms with Crippen molar-refractivity contribution in [2.24, 2.45) is 0 Å². The number of para-hydroxylation sites is 2. The lowest BCUT2D eigenvalue weighted by Gasteiger charge is -2.42. The first-order valence-corrected chi connectivity index (χ1v) is 22.2. The van der Waals surface area contributed by atoms with Crippen LogP contribution in [0.3, 0.4) is 0 Å². The van der Waals surface area contributed by atoms with E-state index in [1.807, 2.05) is 11.3 Å². The maximum atomic E-state index is 7.11. The highest BCUT2D eigenvalue weighted by molar-refractivity contribution is 7.25. The van der Waals surface area contributed by atoms with Gasteiger partial charge >= 0.3 is 6.85 Å². The van der Waals surface area contributed by atoms with Crippen LogP contribution in [0.25, 0.3) is 103 Å². The molecule has 0 unspecified atom stereocenters. The van der Waals surface area contributed by atoms with Gasteiger partial charge in [-0.3, -0.25) is 0 Å². The van der Waals surface area contributed by atoms with Crippen molar-refractivity contribution in [1.29, 1.82) is 0 Å². The summed E-state index contributed by atoms with van der Waals surface area (Å²) in [6.07, 6.45) is 0.